The zero-order chi connectivity index (χ0) is 16.4. The van der Waals surface area contributed by atoms with Crippen molar-refractivity contribution in [3.05, 3.63) is 66.8 Å². The van der Waals surface area contributed by atoms with E-state index in [1.165, 1.54) is 0 Å². The molecule has 0 spiro atoms. The standard InChI is InChI=1S/C18H22O4/c1-3-4-5-6-7-14(2)18(21)15-8-10-17(11-9-15)22-13-16(20)12-19/h3-11,14,16,19-20H,1,12-13H2,2H3/b5-4-,7-6-. The van der Waals surface area contributed by atoms with E-state index in [0.717, 1.165) is 0 Å². The first kappa shape index (κ1) is 17.9. The van der Waals surface area contributed by atoms with Crippen LogP contribution in [0.25, 0.3) is 0 Å². The van der Waals surface area contributed by atoms with Crippen LogP contribution in [0.1, 0.15) is 17.3 Å². The van der Waals surface area contributed by atoms with Crippen molar-refractivity contribution in [1.82, 2.24) is 0 Å². The lowest BCUT2D eigenvalue weighted by molar-refractivity contribution is 0.0536. The van der Waals surface area contributed by atoms with Gasteiger partial charge in [-0.1, -0.05) is 43.9 Å². The van der Waals surface area contributed by atoms with Crippen molar-refractivity contribution >= 4 is 5.78 Å². The lowest BCUT2D eigenvalue weighted by Gasteiger charge is -2.10. The van der Waals surface area contributed by atoms with Crippen molar-refractivity contribution in [2.45, 2.75) is 13.0 Å². The summed E-state index contributed by atoms with van der Waals surface area (Å²) in [6.45, 7) is 5.07. The van der Waals surface area contributed by atoms with Crippen LogP contribution in [0.15, 0.2) is 61.2 Å². The molecule has 0 radical (unpaired) electrons. The molecule has 0 fully saturated rings. The summed E-state index contributed by atoms with van der Waals surface area (Å²) >= 11 is 0. The minimum absolute atomic E-state index is 0.0125. The molecule has 1 rings (SSSR count). The Kier molecular flexibility index (Phi) is 7.89. The summed E-state index contributed by atoms with van der Waals surface area (Å²) in [6, 6.07) is 6.72. The molecule has 0 saturated heterocycles. The van der Waals surface area contributed by atoms with E-state index >= 15 is 0 Å². The molecule has 2 unspecified atom stereocenters. The Morgan fingerprint density at radius 2 is 1.95 bits per heavy atom. The van der Waals surface area contributed by atoms with E-state index in [0.29, 0.717) is 11.3 Å². The predicted octanol–water partition coefficient (Wildman–Crippen LogP) is 2.54. The Bertz CT molecular complexity index is 529. The van der Waals surface area contributed by atoms with Crippen molar-refractivity contribution < 1.29 is 19.7 Å². The zero-order valence-corrected chi connectivity index (χ0v) is 12.7. The molecule has 1 aromatic carbocycles. The molecule has 0 aliphatic rings. The van der Waals surface area contributed by atoms with Gasteiger partial charge in [-0.25, -0.2) is 0 Å². The summed E-state index contributed by atoms with van der Waals surface area (Å²) in [7, 11) is 0. The molecule has 0 saturated carbocycles. The van der Waals surface area contributed by atoms with Crippen LogP contribution in [0, 0.1) is 5.92 Å². The van der Waals surface area contributed by atoms with Gasteiger partial charge in [-0.2, -0.15) is 0 Å². The van der Waals surface area contributed by atoms with Gasteiger partial charge in [-0.05, 0) is 24.3 Å². The third kappa shape index (κ3) is 6.08. The van der Waals surface area contributed by atoms with E-state index in [4.69, 9.17) is 9.84 Å². The molecule has 118 valence electrons. The van der Waals surface area contributed by atoms with E-state index in [1.807, 2.05) is 25.2 Å². The normalized spacial score (nSPS) is 14.1. The number of carbonyl (C=O) groups is 1. The number of ether oxygens (including phenoxy) is 1. The Balaban J connectivity index is 2.61. The average Bonchev–Trinajstić information content (AvgIpc) is 2.56. The van der Waals surface area contributed by atoms with Crippen LogP contribution in [-0.4, -0.2) is 35.3 Å². The first-order valence-electron chi connectivity index (χ1n) is 7.10. The molecule has 0 amide bonds. The van der Waals surface area contributed by atoms with Gasteiger partial charge in [0.1, 0.15) is 18.5 Å². The Morgan fingerprint density at radius 3 is 2.55 bits per heavy atom. The van der Waals surface area contributed by atoms with Crippen molar-refractivity contribution in [3.63, 3.8) is 0 Å². The maximum Gasteiger partial charge on any atom is 0.169 e. The first-order chi connectivity index (χ1) is 10.6. The molecule has 0 aliphatic heterocycles. The topological polar surface area (TPSA) is 66.8 Å². The monoisotopic (exact) mass is 302 g/mol. The van der Waals surface area contributed by atoms with Gasteiger partial charge in [0.15, 0.2) is 5.78 Å². The maximum atomic E-state index is 12.2. The van der Waals surface area contributed by atoms with Gasteiger partial charge in [-0.3, -0.25) is 4.79 Å². The quantitative estimate of drug-likeness (QED) is 0.543. The second kappa shape index (κ2) is 9.71. The number of rotatable bonds is 9. The summed E-state index contributed by atoms with van der Waals surface area (Å²) in [5.41, 5.74) is 0.597. The van der Waals surface area contributed by atoms with Crippen molar-refractivity contribution in [1.29, 1.82) is 0 Å². The minimum Gasteiger partial charge on any atom is -0.491 e. The molecule has 0 bridgehead atoms. The highest BCUT2D eigenvalue weighted by atomic mass is 16.5. The van der Waals surface area contributed by atoms with Crippen molar-refractivity contribution in [3.8, 4) is 5.75 Å². The van der Waals surface area contributed by atoms with Gasteiger partial charge in [0, 0.05) is 11.5 Å². The highest BCUT2D eigenvalue weighted by Gasteiger charge is 2.12. The molecule has 2 atom stereocenters. The van der Waals surface area contributed by atoms with Crippen molar-refractivity contribution in [2.24, 2.45) is 5.92 Å². The molecule has 0 aromatic heterocycles. The van der Waals surface area contributed by atoms with Crippen LogP contribution < -0.4 is 4.74 Å². The van der Waals surface area contributed by atoms with Gasteiger partial charge in [0.25, 0.3) is 0 Å². The van der Waals surface area contributed by atoms with Crippen LogP contribution in [0.2, 0.25) is 0 Å². The molecule has 4 nitrogen and oxygen atoms in total. The fourth-order valence-electron chi connectivity index (χ4n) is 1.68. The van der Waals surface area contributed by atoms with Gasteiger partial charge < -0.3 is 14.9 Å². The zero-order valence-electron chi connectivity index (χ0n) is 12.7. The van der Waals surface area contributed by atoms with Crippen LogP contribution >= 0.6 is 0 Å². The van der Waals surface area contributed by atoms with Crippen molar-refractivity contribution in [2.75, 3.05) is 13.2 Å². The van der Waals surface area contributed by atoms with Gasteiger partial charge in [0.05, 0.1) is 6.61 Å². The van der Waals surface area contributed by atoms with E-state index in [1.54, 1.807) is 36.4 Å². The third-order valence-corrected chi connectivity index (χ3v) is 2.96. The summed E-state index contributed by atoms with van der Waals surface area (Å²) in [4.78, 5) is 12.2. The Hall–Kier alpha value is -2.17. The number of Topliss-reactive ketones (excluding diaryl/α,β-unsaturated/α-hetero) is 1. The van der Waals surface area contributed by atoms with Crippen LogP contribution in [0.3, 0.4) is 0 Å². The van der Waals surface area contributed by atoms with Gasteiger partial charge >= 0.3 is 0 Å². The summed E-state index contributed by atoms with van der Waals surface area (Å²) in [6.07, 6.45) is 8.02. The van der Waals surface area contributed by atoms with Gasteiger partial charge in [-0.15, -0.1) is 0 Å². The highest BCUT2D eigenvalue weighted by Crippen LogP contribution is 2.16. The maximum absolute atomic E-state index is 12.2. The number of hydrogen-bond acceptors (Lipinski definition) is 4. The number of benzene rings is 1. The molecule has 0 heterocycles. The molecule has 0 aliphatic carbocycles. The molecule has 4 heteroatoms. The summed E-state index contributed by atoms with van der Waals surface area (Å²) in [5, 5.41) is 17.9. The fourth-order valence-corrected chi connectivity index (χ4v) is 1.68. The smallest absolute Gasteiger partial charge is 0.169 e. The van der Waals surface area contributed by atoms with Crippen LogP contribution in [0.4, 0.5) is 0 Å². The average molecular weight is 302 g/mol. The molecular formula is C18H22O4. The van der Waals surface area contributed by atoms with E-state index in [9.17, 15) is 9.90 Å². The lowest BCUT2D eigenvalue weighted by Crippen LogP contribution is -2.21. The SMILES string of the molecule is C=C/C=C\C=C/C(C)C(=O)c1ccc(OCC(O)CO)cc1. The number of carbonyl (C=O) groups excluding carboxylic acids is 1. The Morgan fingerprint density at radius 1 is 1.27 bits per heavy atom. The van der Waals surface area contributed by atoms with E-state index in [-0.39, 0.29) is 24.9 Å². The second-order valence-electron chi connectivity index (χ2n) is 4.83. The summed E-state index contributed by atoms with van der Waals surface area (Å²) in [5.74, 6) is 0.337. The molecular weight excluding hydrogens is 280 g/mol. The Labute approximate surface area is 131 Å². The van der Waals surface area contributed by atoms with E-state index in [2.05, 4.69) is 6.58 Å². The van der Waals surface area contributed by atoms with Crippen LogP contribution in [0.5, 0.6) is 5.75 Å². The number of allylic oxidation sites excluding steroid dienone is 5. The molecule has 22 heavy (non-hydrogen) atoms. The largest absolute Gasteiger partial charge is 0.491 e. The molecule has 2 N–H and O–H groups in total. The number of hydrogen-bond donors (Lipinski definition) is 2. The second-order valence-corrected chi connectivity index (χ2v) is 4.83. The number of ketones is 1. The summed E-state index contributed by atoms with van der Waals surface area (Å²) < 4.78 is 5.29. The number of aliphatic hydroxyl groups is 2. The first-order valence-corrected chi connectivity index (χ1v) is 7.10. The van der Waals surface area contributed by atoms with Gasteiger partial charge in [0.2, 0.25) is 0 Å². The molecule has 1 aromatic rings. The highest BCUT2D eigenvalue weighted by molar-refractivity contribution is 5.98. The predicted molar refractivity (Wildman–Crippen MR) is 87.0 cm³/mol. The fraction of sp³-hybridized carbons (Fsp3) is 0.278. The minimum atomic E-state index is -0.907. The lowest BCUT2D eigenvalue weighted by atomic mass is 9.99. The third-order valence-electron chi connectivity index (χ3n) is 2.96. The van der Waals surface area contributed by atoms with Crippen LogP contribution in [-0.2, 0) is 0 Å². The number of aliphatic hydroxyl groups excluding tert-OH is 2. The van der Waals surface area contributed by atoms with E-state index < -0.39 is 6.10 Å².